The van der Waals surface area contributed by atoms with E-state index in [0.717, 1.165) is 6.54 Å². The summed E-state index contributed by atoms with van der Waals surface area (Å²) in [6.07, 6.45) is 0.689. The van der Waals surface area contributed by atoms with Gasteiger partial charge in [0.1, 0.15) is 11.6 Å². The van der Waals surface area contributed by atoms with Gasteiger partial charge in [0.2, 0.25) is 0 Å². The Hall–Kier alpha value is -2.70. The lowest BCUT2D eigenvalue weighted by Crippen LogP contribution is -3.05. The van der Waals surface area contributed by atoms with Gasteiger partial charge < -0.3 is 14.9 Å². The number of aliphatic hydroxyl groups is 1. The first kappa shape index (κ1) is 21.0. The lowest BCUT2D eigenvalue weighted by Gasteiger charge is -2.25. The monoisotopic (exact) mass is 417 g/mol. The van der Waals surface area contributed by atoms with Gasteiger partial charge in [-0.25, -0.2) is 4.39 Å². The van der Waals surface area contributed by atoms with Crippen molar-refractivity contribution in [3.63, 3.8) is 0 Å². The zero-order chi connectivity index (χ0) is 21.1. The second-order valence-electron chi connectivity index (χ2n) is 7.36. The first-order chi connectivity index (χ1) is 13.8. The molecule has 29 heavy (non-hydrogen) atoms. The third-order valence-corrected chi connectivity index (χ3v) is 5.17. The van der Waals surface area contributed by atoms with Crippen LogP contribution in [0.2, 0.25) is 5.02 Å². The van der Waals surface area contributed by atoms with Gasteiger partial charge in [-0.3, -0.25) is 9.59 Å². The third-order valence-electron chi connectivity index (χ3n) is 4.92. The molecule has 0 aliphatic carbocycles. The van der Waals surface area contributed by atoms with E-state index in [1.807, 2.05) is 14.1 Å². The molecule has 5 nitrogen and oxygen atoms in total. The minimum atomic E-state index is -0.775. The molecule has 1 heterocycles. The van der Waals surface area contributed by atoms with Crippen LogP contribution in [-0.4, -0.2) is 48.9 Å². The van der Waals surface area contributed by atoms with Gasteiger partial charge in [-0.1, -0.05) is 23.7 Å². The number of carbonyl (C=O) groups is 2. The molecule has 0 unspecified atom stereocenters. The van der Waals surface area contributed by atoms with Gasteiger partial charge in [-0.2, -0.15) is 0 Å². The van der Waals surface area contributed by atoms with Gasteiger partial charge >= 0.3 is 0 Å². The van der Waals surface area contributed by atoms with E-state index in [2.05, 4.69) is 0 Å². The van der Waals surface area contributed by atoms with E-state index in [-0.39, 0.29) is 11.3 Å². The van der Waals surface area contributed by atoms with Crippen LogP contribution in [0.1, 0.15) is 23.6 Å². The molecule has 0 aromatic heterocycles. The van der Waals surface area contributed by atoms with Crippen molar-refractivity contribution in [3.05, 3.63) is 76.1 Å². The standard InChI is InChI=1S/C22H22ClFN2O3/c1-25(2)12-3-13-26-19(14-6-10-17(24)11-7-14)18(21(28)22(26)29)20(27)15-4-8-16(23)9-5-15/h4-11,19,27H,3,12-13H2,1-2H3/p+1/t19-/m1/s1. The van der Waals surface area contributed by atoms with Crippen molar-refractivity contribution >= 4 is 29.1 Å². The predicted molar refractivity (Wildman–Crippen MR) is 109 cm³/mol. The first-order valence-corrected chi connectivity index (χ1v) is 9.76. The number of hydrogen-bond acceptors (Lipinski definition) is 3. The molecule has 0 saturated carbocycles. The van der Waals surface area contributed by atoms with Gasteiger partial charge in [-0.05, 0) is 42.0 Å². The van der Waals surface area contributed by atoms with Crippen molar-refractivity contribution in [2.45, 2.75) is 12.5 Å². The summed E-state index contributed by atoms with van der Waals surface area (Å²) in [5.74, 6) is -2.10. The molecule has 2 aromatic rings. The number of aliphatic hydroxyl groups excluding tert-OH is 1. The molecule has 1 atom stereocenters. The van der Waals surface area contributed by atoms with E-state index >= 15 is 0 Å². The zero-order valence-electron chi connectivity index (χ0n) is 16.3. The highest BCUT2D eigenvalue weighted by molar-refractivity contribution is 6.46. The van der Waals surface area contributed by atoms with Gasteiger partial charge in [0.25, 0.3) is 11.7 Å². The van der Waals surface area contributed by atoms with Crippen molar-refractivity contribution in [1.29, 1.82) is 0 Å². The number of quaternary nitrogens is 1. The first-order valence-electron chi connectivity index (χ1n) is 9.38. The molecule has 1 saturated heterocycles. The number of halogens is 2. The minimum Gasteiger partial charge on any atom is -0.507 e. The van der Waals surface area contributed by atoms with Crippen LogP contribution in [0, 0.1) is 5.82 Å². The van der Waals surface area contributed by atoms with Crippen LogP contribution < -0.4 is 4.90 Å². The Balaban J connectivity index is 2.07. The van der Waals surface area contributed by atoms with E-state index in [1.54, 1.807) is 24.3 Å². The Labute approximate surface area is 174 Å². The summed E-state index contributed by atoms with van der Waals surface area (Å²) < 4.78 is 13.4. The van der Waals surface area contributed by atoms with Crippen LogP contribution in [0.25, 0.3) is 5.76 Å². The largest absolute Gasteiger partial charge is 0.507 e. The van der Waals surface area contributed by atoms with Gasteiger partial charge in [0.15, 0.2) is 0 Å². The summed E-state index contributed by atoms with van der Waals surface area (Å²) in [7, 11) is 4.01. The molecule has 152 valence electrons. The van der Waals surface area contributed by atoms with Crippen molar-refractivity contribution in [2.75, 3.05) is 27.2 Å². The van der Waals surface area contributed by atoms with Crippen LogP contribution in [-0.2, 0) is 9.59 Å². The molecule has 2 N–H and O–H groups in total. The summed E-state index contributed by atoms with van der Waals surface area (Å²) in [4.78, 5) is 28.3. The number of Topliss-reactive ketones (excluding diaryl/α,β-unsaturated/α-hetero) is 1. The van der Waals surface area contributed by atoms with Crippen LogP contribution in [0.5, 0.6) is 0 Å². The number of likely N-dealkylation sites (tertiary alicyclic amines) is 1. The Morgan fingerprint density at radius 3 is 2.31 bits per heavy atom. The third kappa shape index (κ3) is 4.49. The van der Waals surface area contributed by atoms with Gasteiger partial charge in [0.05, 0.1) is 32.3 Å². The number of benzene rings is 2. The lowest BCUT2D eigenvalue weighted by atomic mass is 9.95. The van der Waals surface area contributed by atoms with Gasteiger partial charge in [0, 0.05) is 23.6 Å². The Morgan fingerprint density at radius 2 is 1.72 bits per heavy atom. The predicted octanol–water partition coefficient (Wildman–Crippen LogP) is 2.44. The number of carbonyl (C=O) groups excluding carboxylic acids is 2. The molecule has 1 aliphatic rings. The van der Waals surface area contributed by atoms with Crippen LogP contribution in [0.3, 0.4) is 0 Å². The van der Waals surface area contributed by atoms with E-state index in [9.17, 15) is 19.1 Å². The summed E-state index contributed by atoms with van der Waals surface area (Å²) in [6, 6.07) is 11.2. The van der Waals surface area contributed by atoms with Crippen LogP contribution in [0.15, 0.2) is 54.1 Å². The molecule has 0 spiro atoms. The molecule has 2 aromatic carbocycles. The van der Waals surface area contributed by atoms with Crippen molar-refractivity contribution < 1.29 is 24.0 Å². The molecule has 0 radical (unpaired) electrons. The smallest absolute Gasteiger partial charge is 0.295 e. The molecule has 1 amide bonds. The maximum absolute atomic E-state index is 13.4. The number of nitrogens with zero attached hydrogens (tertiary/aromatic N) is 1. The second kappa shape index (κ2) is 8.76. The molecular formula is C22H23ClFN2O3+. The maximum Gasteiger partial charge on any atom is 0.295 e. The molecular weight excluding hydrogens is 395 g/mol. The Kier molecular flexibility index (Phi) is 6.35. The summed E-state index contributed by atoms with van der Waals surface area (Å²) in [5, 5.41) is 11.4. The molecule has 1 aliphatic heterocycles. The number of ketones is 1. The number of amides is 1. The van der Waals surface area contributed by atoms with Crippen molar-refractivity contribution in [2.24, 2.45) is 0 Å². The van der Waals surface area contributed by atoms with E-state index in [4.69, 9.17) is 11.6 Å². The topological polar surface area (TPSA) is 62.0 Å². The lowest BCUT2D eigenvalue weighted by molar-refractivity contribution is -0.858. The Bertz CT molecular complexity index is 940. The van der Waals surface area contributed by atoms with Crippen molar-refractivity contribution in [1.82, 2.24) is 4.90 Å². The van der Waals surface area contributed by atoms with Crippen LogP contribution in [0.4, 0.5) is 4.39 Å². The fourth-order valence-corrected chi connectivity index (χ4v) is 3.59. The van der Waals surface area contributed by atoms with Crippen molar-refractivity contribution in [3.8, 4) is 0 Å². The minimum absolute atomic E-state index is 0.00105. The summed E-state index contributed by atoms with van der Waals surface area (Å²) in [5.41, 5.74) is 0.955. The molecule has 1 fully saturated rings. The Morgan fingerprint density at radius 1 is 1.10 bits per heavy atom. The molecule has 3 rings (SSSR count). The molecule has 7 heteroatoms. The average molecular weight is 418 g/mol. The number of hydrogen-bond donors (Lipinski definition) is 2. The van der Waals surface area contributed by atoms with E-state index in [1.165, 1.54) is 34.1 Å². The second-order valence-corrected chi connectivity index (χ2v) is 7.80. The van der Waals surface area contributed by atoms with Crippen LogP contribution >= 0.6 is 11.6 Å². The fourth-order valence-electron chi connectivity index (χ4n) is 3.47. The highest BCUT2D eigenvalue weighted by atomic mass is 35.5. The fraction of sp³-hybridized carbons (Fsp3) is 0.273. The summed E-state index contributed by atoms with van der Waals surface area (Å²) in [6.45, 7) is 1.17. The van der Waals surface area contributed by atoms with E-state index < -0.39 is 23.5 Å². The normalized spacial score (nSPS) is 18.7. The summed E-state index contributed by atoms with van der Waals surface area (Å²) >= 11 is 5.91. The molecule has 0 bridgehead atoms. The average Bonchev–Trinajstić information content (AvgIpc) is 2.93. The highest BCUT2D eigenvalue weighted by Gasteiger charge is 2.45. The van der Waals surface area contributed by atoms with Gasteiger partial charge in [-0.15, -0.1) is 0 Å². The quantitative estimate of drug-likeness (QED) is 0.431. The number of nitrogens with one attached hydrogen (secondary N) is 1. The van der Waals surface area contributed by atoms with E-state index in [0.29, 0.717) is 29.1 Å². The maximum atomic E-state index is 13.4. The number of rotatable bonds is 6. The SMILES string of the molecule is C[NH+](C)CCCN1C(=O)C(=O)C(=C(O)c2ccc(Cl)cc2)[C@H]1c1ccc(F)cc1. The highest BCUT2D eigenvalue weighted by Crippen LogP contribution is 2.39. The zero-order valence-corrected chi connectivity index (χ0v) is 17.0.